The van der Waals surface area contributed by atoms with E-state index in [4.69, 9.17) is 0 Å². The Kier molecular flexibility index (Phi) is 4.23. The van der Waals surface area contributed by atoms with Crippen LogP contribution in [0.3, 0.4) is 0 Å². The minimum atomic E-state index is -0.916. The van der Waals surface area contributed by atoms with Crippen LogP contribution in [-0.2, 0) is 11.3 Å². The summed E-state index contributed by atoms with van der Waals surface area (Å²) in [5.41, 5.74) is 1.17. The van der Waals surface area contributed by atoms with Gasteiger partial charge in [0.15, 0.2) is 5.65 Å². The first-order valence-corrected chi connectivity index (χ1v) is 9.82. The second-order valence-corrected chi connectivity index (χ2v) is 7.63. The van der Waals surface area contributed by atoms with Crippen molar-refractivity contribution in [2.45, 2.75) is 24.9 Å². The van der Waals surface area contributed by atoms with Crippen LogP contribution in [-0.4, -0.2) is 60.9 Å². The molecule has 9 heteroatoms. The Bertz CT molecular complexity index is 1130. The van der Waals surface area contributed by atoms with Gasteiger partial charge in [-0.1, -0.05) is 30.3 Å². The van der Waals surface area contributed by atoms with E-state index in [0.717, 1.165) is 5.56 Å². The zero-order valence-corrected chi connectivity index (χ0v) is 16.2. The molecular weight excluding hydrogens is 384 g/mol. The third-order valence-corrected chi connectivity index (χ3v) is 5.99. The van der Waals surface area contributed by atoms with Gasteiger partial charge in [-0.15, -0.1) is 0 Å². The SMILES string of the molecule is O=C(c1ccn2ncnc2c1)N1CCC2(CC1)C(=O)NC(=O)N2Cc1ccccc1. The molecule has 2 saturated heterocycles. The molecule has 0 unspecified atom stereocenters. The van der Waals surface area contributed by atoms with Gasteiger partial charge < -0.3 is 9.80 Å². The normalized spacial score (nSPS) is 18.3. The summed E-state index contributed by atoms with van der Waals surface area (Å²) in [7, 11) is 0. The second kappa shape index (κ2) is 6.94. The summed E-state index contributed by atoms with van der Waals surface area (Å²) in [6.07, 6.45) is 3.93. The van der Waals surface area contributed by atoms with Crippen molar-refractivity contribution in [3.05, 3.63) is 66.1 Å². The van der Waals surface area contributed by atoms with Gasteiger partial charge in [-0.2, -0.15) is 5.10 Å². The van der Waals surface area contributed by atoms with E-state index in [1.165, 1.54) is 6.33 Å². The van der Waals surface area contributed by atoms with Crippen molar-refractivity contribution in [2.75, 3.05) is 13.1 Å². The highest BCUT2D eigenvalue weighted by Gasteiger charge is 2.54. The Balaban J connectivity index is 1.34. The lowest BCUT2D eigenvalue weighted by molar-refractivity contribution is -0.129. The Morgan fingerprint density at radius 2 is 1.87 bits per heavy atom. The van der Waals surface area contributed by atoms with Crippen LogP contribution < -0.4 is 5.32 Å². The number of benzene rings is 1. The first-order valence-electron chi connectivity index (χ1n) is 9.82. The van der Waals surface area contributed by atoms with Crippen LogP contribution in [0.5, 0.6) is 0 Å². The van der Waals surface area contributed by atoms with Crippen LogP contribution in [0.4, 0.5) is 4.79 Å². The van der Waals surface area contributed by atoms with Gasteiger partial charge in [0.1, 0.15) is 11.9 Å². The highest BCUT2D eigenvalue weighted by molar-refractivity contribution is 6.07. The molecule has 0 atom stereocenters. The molecule has 30 heavy (non-hydrogen) atoms. The molecule has 3 aromatic rings. The molecule has 0 aliphatic carbocycles. The Morgan fingerprint density at radius 3 is 2.63 bits per heavy atom. The van der Waals surface area contributed by atoms with Crippen molar-refractivity contribution in [3.63, 3.8) is 0 Å². The lowest BCUT2D eigenvalue weighted by atomic mass is 9.85. The molecule has 0 saturated carbocycles. The zero-order valence-electron chi connectivity index (χ0n) is 16.2. The number of likely N-dealkylation sites (tertiary alicyclic amines) is 1. The first kappa shape index (κ1) is 18.3. The molecule has 2 fully saturated rings. The highest BCUT2D eigenvalue weighted by atomic mass is 16.2. The summed E-state index contributed by atoms with van der Waals surface area (Å²) >= 11 is 0. The fourth-order valence-electron chi connectivity index (χ4n) is 4.29. The van der Waals surface area contributed by atoms with Crippen molar-refractivity contribution in [3.8, 4) is 0 Å². The van der Waals surface area contributed by atoms with Crippen molar-refractivity contribution in [2.24, 2.45) is 0 Å². The van der Waals surface area contributed by atoms with Gasteiger partial charge >= 0.3 is 6.03 Å². The Morgan fingerprint density at radius 1 is 1.10 bits per heavy atom. The monoisotopic (exact) mass is 404 g/mol. The number of imide groups is 1. The van der Waals surface area contributed by atoms with E-state index in [1.54, 1.807) is 32.6 Å². The minimum Gasteiger partial charge on any atom is -0.338 e. The first-order chi connectivity index (χ1) is 14.6. The predicted octanol–water partition coefficient (Wildman–Crippen LogP) is 1.46. The number of rotatable bonds is 3. The maximum absolute atomic E-state index is 13.0. The van der Waals surface area contributed by atoms with Crippen LogP contribution in [0.1, 0.15) is 28.8 Å². The maximum atomic E-state index is 13.0. The fourth-order valence-corrected chi connectivity index (χ4v) is 4.29. The smallest absolute Gasteiger partial charge is 0.325 e. The third kappa shape index (κ3) is 2.90. The van der Waals surface area contributed by atoms with Gasteiger partial charge in [0.25, 0.3) is 11.8 Å². The molecule has 0 radical (unpaired) electrons. The van der Waals surface area contributed by atoms with E-state index < -0.39 is 5.54 Å². The fraction of sp³-hybridized carbons (Fsp3) is 0.286. The second-order valence-electron chi connectivity index (χ2n) is 7.63. The van der Waals surface area contributed by atoms with E-state index in [2.05, 4.69) is 15.4 Å². The number of carbonyl (C=O) groups excluding carboxylic acids is 3. The number of carbonyl (C=O) groups is 3. The number of nitrogens with one attached hydrogen (secondary N) is 1. The van der Waals surface area contributed by atoms with Gasteiger partial charge in [-0.25, -0.2) is 14.3 Å². The zero-order chi connectivity index (χ0) is 20.7. The average Bonchev–Trinajstić information content (AvgIpc) is 3.33. The van der Waals surface area contributed by atoms with E-state index in [9.17, 15) is 14.4 Å². The van der Waals surface area contributed by atoms with E-state index in [1.807, 2.05) is 30.3 Å². The number of nitrogens with zero attached hydrogens (tertiary/aromatic N) is 5. The third-order valence-electron chi connectivity index (χ3n) is 5.99. The lowest BCUT2D eigenvalue weighted by Gasteiger charge is -2.42. The molecule has 152 valence electrons. The van der Waals surface area contributed by atoms with Gasteiger partial charge in [0.05, 0.1) is 0 Å². The Labute approximate surface area is 172 Å². The molecule has 4 heterocycles. The summed E-state index contributed by atoms with van der Waals surface area (Å²) in [6.45, 7) is 1.14. The quantitative estimate of drug-likeness (QED) is 0.666. The number of piperidine rings is 1. The number of pyridine rings is 1. The number of hydrogen-bond acceptors (Lipinski definition) is 5. The lowest BCUT2D eigenvalue weighted by Crippen LogP contribution is -2.57. The number of amides is 4. The van der Waals surface area contributed by atoms with Gasteiger partial charge in [-0.3, -0.25) is 14.9 Å². The molecule has 2 aliphatic heterocycles. The summed E-state index contributed by atoms with van der Waals surface area (Å²) in [6, 6.07) is 12.6. The maximum Gasteiger partial charge on any atom is 0.325 e. The van der Waals surface area contributed by atoms with E-state index in [0.29, 0.717) is 43.7 Å². The van der Waals surface area contributed by atoms with Gasteiger partial charge in [-0.05, 0) is 30.5 Å². The van der Waals surface area contributed by atoms with Crippen LogP contribution in [0, 0.1) is 0 Å². The molecule has 1 spiro atoms. The molecule has 9 nitrogen and oxygen atoms in total. The molecule has 0 bridgehead atoms. The van der Waals surface area contributed by atoms with E-state index >= 15 is 0 Å². The summed E-state index contributed by atoms with van der Waals surface area (Å²) < 4.78 is 1.60. The van der Waals surface area contributed by atoms with Crippen molar-refractivity contribution >= 4 is 23.5 Å². The molecule has 1 aromatic carbocycles. The number of fused-ring (bicyclic) bond motifs is 1. The van der Waals surface area contributed by atoms with Gasteiger partial charge in [0.2, 0.25) is 0 Å². The molecule has 2 aromatic heterocycles. The summed E-state index contributed by atoms with van der Waals surface area (Å²) in [5.74, 6) is -0.393. The standard InChI is InChI=1S/C21H20N6O3/c28-18(16-6-9-27-17(12-16)22-14-23-27)25-10-7-21(8-11-25)19(29)24-20(30)26(21)13-15-4-2-1-3-5-15/h1-6,9,12,14H,7-8,10-11,13H2,(H,24,29,30). The minimum absolute atomic E-state index is 0.116. The van der Waals surface area contributed by atoms with Crippen LogP contribution in [0.15, 0.2) is 55.0 Å². The van der Waals surface area contributed by atoms with Crippen molar-refractivity contribution < 1.29 is 14.4 Å². The molecule has 5 rings (SSSR count). The van der Waals surface area contributed by atoms with Crippen LogP contribution in [0.2, 0.25) is 0 Å². The van der Waals surface area contributed by atoms with Crippen LogP contribution in [0.25, 0.3) is 5.65 Å². The van der Waals surface area contributed by atoms with Crippen molar-refractivity contribution in [1.29, 1.82) is 0 Å². The number of urea groups is 1. The number of hydrogen-bond donors (Lipinski definition) is 1. The average molecular weight is 404 g/mol. The topological polar surface area (TPSA) is 99.9 Å². The molecular formula is C21H20N6O3. The number of aromatic nitrogens is 3. The highest BCUT2D eigenvalue weighted by Crippen LogP contribution is 2.35. The van der Waals surface area contributed by atoms with Crippen molar-refractivity contribution in [1.82, 2.24) is 29.7 Å². The Hall–Kier alpha value is -3.75. The molecule has 4 amide bonds. The molecule has 2 aliphatic rings. The summed E-state index contributed by atoms with van der Waals surface area (Å²) in [5, 5.41) is 6.50. The van der Waals surface area contributed by atoms with Gasteiger partial charge in [0, 0.05) is 31.4 Å². The van der Waals surface area contributed by atoms with Crippen LogP contribution >= 0.6 is 0 Å². The largest absolute Gasteiger partial charge is 0.338 e. The van der Waals surface area contributed by atoms with E-state index in [-0.39, 0.29) is 17.8 Å². The summed E-state index contributed by atoms with van der Waals surface area (Å²) in [4.78, 5) is 45.7. The predicted molar refractivity (Wildman–Crippen MR) is 106 cm³/mol. The molecule has 1 N–H and O–H groups in total.